The second-order valence-electron chi connectivity index (χ2n) is 7.68. The molecule has 1 aliphatic rings. The average molecular weight is 438 g/mol. The molecular formula is C24H26N2O6. The molecule has 1 fully saturated rings. The van der Waals surface area contributed by atoms with Gasteiger partial charge in [0.2, 0.25) is 0 Å². The largest absolute Gasteiger partial charge is 0.507 e. The first kappa shape index (κ1) is 21.5. The normalized spacial score (nSPS) is 14.6. The van der Waals surface area contributed by atoms with E-state index in [2.05, 4.69) is 4.99 Å². The van der Waals surface area contributed by atoms with Crippen molar-refractivity contribution in [1.82, 2.24) is 0 Å². The number of nitrogens with zero attached hydrogens (tertiary/aromatic N) is 1. The van der Waals surface area contributed by atoms with Crippen LogP contribution in [0.3, 0.4) is 0 Å². The van der Waals surface area contributed by atoms with E-state index in [1.54, 1.807) is 38.4 Å². The number of benzene rings is 2. The number of phenolic OH excluding ortho intramolecular Hbond substituents is 1. The van der Waals surface area contributed by atoms with E-state index in [4.69, 9.17) is 24.4 Å². The number of amidine groups is 1. The molecule has 3 N–H and O–H groups in total. The summed E-state index contributed by atoms with van der Waals surface area (Å²) in [5.41, 5.74) is 6.15. The molecule has 2 aromatic carbocycles. The quantitative estimate of drug-likeness (QED) is 0.425. The minimum absolute atomic E-state index is 0.0473. The van der Waals surface area contributed by atoms with Crippen LogP contribution in [-0.2, 0) is 0 Å². The number of aliphatic imine (C=N–C) groups is 1. The number of fused-ring (bicyclic) bond motifs is 1. The van der Waals surface area contributed by atoms with E-state index in [1.165, 1.54) is 12.1 Å². The molecule has 0 atom stereocenters. The molecule has 1 aromatic heterocycles. The zero-order chi connectivity index (χ0) is 22.7. The van der Waals surface area contributed by atoms with Crippen molar-refractivity contribution in [2.24, 2.45) is 10.7 Å². The number of ether oxygens (including phenoxy) is 3. The summed E-state index contributed by atoms with van der Waals surface area (Å²) in [6.45, 7) is 0.0473. The minimum Gasteiger partial charge on any atom is -0.507 e. The van der Waals surface area contributed by atoms with E-state index in [0.29, 0.717) is 34.4 Å². The van der Waals surface area contributed by atoms with Crippen LogP contribution in [0.15, 0.2) is 50.6 Å². The molecule has 0 saturated heterocycles. The summed E-state index contributed by atoms with van der Waals surface area (Å²) in [7, 11) is 3.15. The van der Waals surface area contributed by atoms with E-state index in [1.807, 2.05) is 0 Å². The van der Waals surface area contributed by atoms with E-state index in [9.17, 15) is 9.90 Å². The Morgan fingerprint density at radius 3 is 2.69 bits per heavy atom. The molecular weight excluding hydrogens is 412 g/mol. The van der Waals surface area contributed by atoms with Crippen LogP contribution in [-0.4, -0.2) is 37.8 Å². The minimum atomic E-state index is -0.367. The predicted octanol–water partition coefficient (Wildman–Crippen LogP) is 3.86. The zero-order valence-corrected chi connectivity index (χ0v) is 18.1. The van der Waals surface area contributed by atoms with Crippen LogP contribution in [0.2, 0.25) is 0 Å². The highest BCUT2D eigenvalue weighted by molar-refractivity contribution is 5.86. The van der Waals surface area contributed by atoms with Gasteiger partial charge in [0.15, 0.2) is 16.9 Å². The Morgan fingerprint density at radius 1 is 1.19 bits per heavy atom. The van der Waals surface area contributed by atoms with Crippen LogP contribution in [0.4, 0.5) is 0 Å². The predicted molar refractivity (Wildman–Crippen MR) is 122 cm³/mol. The molecule has 0 bridgehead atoms. The molecule has 8 nitrogen and oxygen atoms in total. The smallest absolute Gasteiger partial charge is 0.197 e. The summed E-state index contributed by atoms with van der Waals surface area (Å²) < 4.78 is 23.1. The third-order valence-electron chi connectivity index (χ3n) is 5.50. The van der Waals surface area contributed by atoms with Crippen molar-refractivity contribution in [3.63, 3.8) is 0 Å². The second kappa shape index (κ2) is 9.21. The molecule has 168 valence electrons. The van der Waals surface area contributed by atoms with Gasteiger partial charge >= 0.3 is 0 Å². The summed E-state index contributed by atoms with van der Waals surface area (Å²) in [4.78, 5) is 16.6. The van der Waals surface area contributed by atoms with E-state index >= 15 is 0 Å². The van der Waals surface area contributed by atoms with Gasteiger partial charge in [-0.05, 0) is 43.9 Å². The first-order valence-electron chi connectivity index (χ1n) is 10.5. The van der Waals surface area contributed by atoms with Crippen molar-refractivity contribution in [2.75, 3.05) is 20.8 Å². The lowest BCUT2D eigenvalue weighted by Gasteiger charge is -2.17. The molecule has 0 radical (unpaired) electrons. The fraction of sp³-hybridized carbons (Fsp3) is 0.333. The topological polar surface area (TPSA) is 117 Å². The lowest BCUT2D eigenvalue weighted by atomic mass is 10.1. The molecule has 0 spiro atoms. The third-order valence-corrected chi connectivity index (χ3v) is 5.50. The van der Waals surface area contributed by atoms with Crippen molar-refractivity contribution in [3.05, 3.63) is 46.6 Å². The fourth-order valence-corrected chi connectivity index (χ4v) is 3.80. The maximum Gasteiger partial charge on any atom is 0.197 e. The van der Waals surface area contributed by atoms with Gasteiger partial charge in [0.1, 0.15) is 40.7 Å². The van der Waals surface area contributed by atoms with Crippen molar-refractivity contribution in [2.45, 2.75) is 31.8 Å². The Bertz CT molecular complexity index is 1210. The van der Waals surface area contributed by atoms with Crippen molar-refractivity contribution >= 4 is 16.8 Å². The first-order valence-corrected chi connectivity index (χ1v) is 10.5. The van der Waals surface area contributed by atoms with Gasteiger partial charge in [-0.15, -0.1) is 0 Å². The first-order chi connectivity index (χ1) is 15.5. The third kappa shape index (κ3) is 4.49. The van der Waals surface area contributed by atoms with Crippen LogP contribution in [0, 0.1) is 0 Å². The SMILES string of the molecule is CN=C(N)COc1cc(O)c2c(=O)cc(-c3ccc(OC)c(OC4CCCC4)c3)oc2c1. The van der Waals surface area contributed by atoms with Gasteiger partial charge in [0.25, 0.3) is 0 Å². The lowest BCUT2D eigenvalue weighted by Crippen LogP contribution is -2.20. The Morgan fingerprint density at radius 2 is 1.97 bits per heavy atom. The van der Waals surface area contributed by atoms with Crippen LogP contribution < -0.4 is 25.4 Å². The van der Waals surface area contributed by atoms with Gasteiger partial charge in [-0.3, -0.25) is 9.79 Å². The molecule has 0 unspecified atom stereocenters. The Balaban J connectivity index is 1.72. The molecule has 32 heavy (non-hydrogen) atoms. The number of aromatic hydroxyl groups is 1. The zero-order valence-electron chi connectivity index (χ0n) is 18.1. The second-order valence-corrected chi connectivity index (χ2v) is 7.68. The van der Waals surface area contributed by atoms with Crippen molar-refractivity contribution in [3.8, 4) is 34.3 Å². The van der Waals surface area contributed by atoms with Gasteiger partial charge in [0.05, 0.1) is 13.2 Å². The summed E-state index contributed by atoms with van der Waals surface area (Å²) in [5.74, 6) is 1.94. The summed E-state index contributed by atoms with van der Waals surface area (Å²) >= 11 is 0. The van der Waals surface area contributed by atoms with Gasteiger partial charge in [-0.2, -0.15) is 0 Å². The number of rotatable bonds is 7. The highest BCUT2D eigenvalue weighted by Gasteiger charge is 2.20. The molecule has 8 heteroatoms. The van der Waals surface area contributed by atoms with E-state index in [0.717, 1.165) is 25.7 Å². The molecule has 4 rings (SSSR count). The molecule has 1 aliphatic carbocycles. The number of methoxy groups -OCH3 is 1. The van der Waals surface area contributed by atoms with E-state index in [-0.39, 0.29) is 34.9 Å². The van der Waals surface area contributed by atoms with Gasteiger partial charge < -0.3 is 29.5 Å². The lowest BCUT2D eigenvalue weighted by molar-refractivity contribution is 0.201. The maximum absolute atomic E-state index is 12.7. The molecule has 1 saturated carbocycles. The van der Waals surface area contributed by atoms with Crippen LogP contribution in [0.25, 0.3) is 22.3 Å². The van der Waals surface area contributed by atoms with Crippen LogP contribution >= 0.6 is 0 Å². The highest BCUT2D eigenvalue weighted by atomic mass is 16.5. The number of hydrogen-bond acceptors (Lipinski definition) is 7. The Kier molecular flexibility index (Phi) is 6.20. The van der Waals surface area contributed by atoms with Crippen LogP contribution in [0.1, 0.15) is 25.7 Å². The fourth-order valence-electron chi connectivity index (χ4n) is 3.80. The van der Waals surface area contributed by atoms with Crippen molar-refractivity contribution < 1.29 is 23.7 Å². The average Bonchev–Trinajstić information content (AvgIpc) is 3.30. The van der Waals surface area contributed by atoms with Crippen molar-refractivity contribution in [1.29, 1.82) is 0 Å². The van der Waals surface area contributed by atoms with E-state index < -0.39 is 0 Å². The monoisotopic (exact) mass is 438 g/mol. The van der Waals surface area contributed by atoms with Gasteiger partial charge in [-0.25, -0.2) is 0 Å². The Hall–Kier alpha value is -3.68. The number of hydrogen-bond donors (Lipinski definition) is 2. The molecule has 1 heterocycles. The number of phenols is 1. The summed E-state index contributed by atoms with van der Waals surface area (Å²) in [6, 6.07) is 9.63. The molecule has 0 amide bonds. The van der Waals surface area contributed by atoms with Gasteiger partial charge in [0, 0.05) is 30.8 Å². The molecule has 3 aromatic rings. The molecule has 0 aliphatic heterocycles. The highest BCUT2D eigenvalue weighted by Crippen LogP contribution is 2.37. The number of nitrogens with two attached hydrogens (primary N) is 1. The summed E-state index contributed by atoms with van der Waals surface area (Å²) in [6.07, 6.45) is 4.46. The van der Waals surface area contributed by atoms with Gasteiger partial charge in [-0.1, -0.05) is 0 Å². The standard InChI is InChI=1S/C24H26N2O6/c1-26-23(25)13-30-16-10-17(27)24-18(28)12-20(32-22(24)11-16)14-7-8-19(29-2)21(9-14)31-15-5-3-4-6-15/h7-12,15,27H,3-6,13H2,1-2H3,(H2,25,26). The summed E-state index contributed by atoms with van der Waals surface area (Å²) in [5, 5.41) is 10.4. The Labute approximate surface area is 185 Å². The maximum atomic E-state index is 12.7. The van der Waals surface area contributed by atoms with Crippen LogP contribution in [0.5, 0.6) is 23.0 Å².